The van der Waals surface area contributed by atoms with Crippen molar-refractivity contribution in [1.29, 1.82) is 0 Å². The number of nitrogens with one attached hydrogen (secondary N) is 1. The van der Waals surface area contributed by atoms with Crippen LogP contribution in [0, 0.1) is 6.92 Å². The van der Waals surface area contributed by atoms with E-state index in [0.717, 1.165) is 6.54 Å². The van der Waals surface area contributed by atoms with Crippen molar-refractivity contribution >= 4 is 11.8 Å². The fraction of sp³-hybridized carbons (Fsp3) is 0.368. The topological polar surface area (TPSA) is 12.0 Å². The third-order valence-corrected chi connectivity index (χ3v) is 5.92. The summed E-state index contributed by atoms with van der Waals surface area (Å²) >= 11 is 2.01. The van der Waals surface area contributed by atoms with E-state index in [2.05, 4.69) is 73.1 Å². The zero-order chi connectivity index (χ0) is 14.7. The lowest BCUT2D eigenvalue weighted by molar-refractivity contribution is 0.588. The largest absolute Gasteiger partial charge is 0.305 e. The average molecular weight is 297 g/mol. The number of rotatable bonds is 6. The van der Waals surface area contributed by atoms with Gasteiger partial charge in [-0.15, -0.1) is 0 Å². The van der Waals surface area contributed by atoms with Gasteiger partial charge < -0.3 is 5.32 Å². The van der Waals surface area contributed by atoms with Crippen LogP contribution in [-0.4, -0.2) is 17.5 Å². The molecule has 1 aliphatic carbocycles. The summed E-state index contributed by atoms with van der Waals surface area (Å²) < 4.78 is 0.482. The van der Waals surface area contributed by atoms with E-state index in [1.54, 1.807) is 0 Å². The molecule has 1 nitrogen and oxygen atoms in total. The molecule has 1 saturated carbocycles. The highest BCUT2D eigenvalue weighted by Gasteiger charge is 2.41. The van der Waals surface area contributed by atoms with Crippen molar-refractivity contribution < 1.29 is 0 Å². The zero-order valence-corrected chi connectivity index (χ0v) is 13.6. The van der Waals surface area contributed by atoms with Crippen molar-refractivity contribution in [2.45, 2.75) is 30.6 Å². The molecule has 0 aliphatic heterocycles. The molecule has 1 atom stereocenters. The molecule has 21 heavy (non-hydrogen) atoms. The van der Waals surface area contributed by atoms with Crippen LogP contribution < -0.4 is 5.32 Å². The van der Waals surface area contributed by atoms with Crippen molar-refractivity contribution in [3.8, 4) is 0 Å². The van der Waals surface area contributed by atoms with Gasteiger partial charge in [0.1, 0.15) is 0 Å². The molecule has 0 spiro atoms. The molecule has 1 aliphatic rings. The Morgan fingerprint density at radius 2 is 1.71 bits per heavy atom. The lowest BCUT2D eigenvalue weighted by Crippen LogP contribution is -2.31. The molecule has 1 unspecified atom stereocenters. The summed E-state index contributed by atoms with van der Waals surface area (Å²) in [5, 5.41) is 3.83. The van der Waals surface area contributed by atoms with Crippen molar-refractivity contribution in [2.24, 2.45) is 0 Å². The minimum absolute atomic E-state index is 0.289. The molecule has 2 aromatic carbocycles. The third-order valence-electron chi connectivity index (χ3n) is 4.50. The molecule has 1 fully saturated rings. The molecular weight excluding hydrogens is 274 g/mol. The minimum atomic E-state index is 0.289. The molecule has 2 heteroatoms. The summed E-state index contributed by atoms with van der Waals surface area (Å²) in [4.78, 5) is 0. The summed E-state index contributed by atoms with van der Waals surface area (Å²) in [7, 11) is 0. The van der Waals surface area contributed by atoms with E-state index in [9.17, 15) is 0 Å². The predicted molar refractivity (Wildman–Crippen MR) is 92.9 cm³/mol. The highest BCUT2D eigenvalue weighted by atomic mass is 32.2. The number of hydrogen-bond acceptors (Lipinski definition) is 2. The van der Waals surface area contributed by atoms with Crippen molar-refractivity contribution in [1.82, 2.24) is 5.32 Å². The Hall–Kier alpha value is -1.25. The van der Waals surface area contributed by atoms with Gasteiger partial charge in [-0.05, 0) is 42.7 Å². The lowest BCUT2D eigenvalue weighted by Gasteiger charge is -2.24. The van der Waals surface area contributed by atoms with Crippen LogP contribution in [-0.2, 0) is 0 Å². The first-order chi connectivity index (χ1) is 10.2. The molecule has 1 N–H and O–H groups in total. The van der Waals surface area contributed by atoms with Gasteiger partial charge in [-0.25, -0.2) is 0 Å². The van der Waals surface area contributed by atoms with Crippen molar-refractivity contribution in [2.75, 3.05) is 12.8 Å². The summed E-state index contributed by atoms with van der Waals surface area (Å²) in [5.74, 6) is 0. The molecule has 3 rings (SSSR count). The van der Waals surface area contributed by atoms with Gasteiger partial charge in [0.15, 0.2) is 0 Å². The number of aryl methyl sites for hydroxylation is 1. The maximum absolute atomic E-state index is 3.83. The second-order valence-electron chi connectivity index (χ2n) is 5.97. The van der Waals surface area contributed by atoms with Gasteiger partial charge in [-0.2, -0.15) is 11.8 Å². The summed E-state index contributed by atoms with van der Waals surface area (Å²) in [6.45, 7) is 3.29. The van der Waals surface area contributed by atoms with E-state index in [0.29, 0.717) is 4.75 Å². The van der Waals surface area contributed by atoms with Gasteiger partial charge in [0.05, 0.1) is 6.04 Å². The van der Waals surface area contributed by atoms with Crippen molar-refractivity contribution in [3.63, 3.8) is 0 Å². The van der Waals surface area contributed by atoms with E-state index in [1.165, 1.54) is 29.5 Å². The quantitative estimate of drug-likeness (QED) is 0.838. The summed E-state index contributed by atoms with van der Waals surface area (Å²) in [6.07, 6.45) is 4.92. The Bertz CT molecular complexity index is 590. The van der Waals surface area contributed by atoms with Crippen LogP contribution in [0.25, 0.3) is 0 Å². The van der Waals surface area contributed by atoms with Crippen LogP contribution in [0.3, 0.4) is 0 Å². The fourth-order valence-corrected chi connectivity index (χ4v) is 3.58. The first-order valence-corrected chi connectivity index (χ1v) is 8.86. The third kappa shape index (κ3) is 3.33. The summed E-state index contributed by atoms with van der Waals surface area (Å²) in [6, 6.07) is 19.8. The average Bonchev–Trinajstić information content (AvgIpc) is 3.31. The first kappa shape index (κ1) is 14.7. The zero-order valence-electron chi connectivity index (χ0n) is 12.8. The normalized spacial score (nSPS) is 17.4. The SMILES string of the molecule is CSC1(CNC(c2ccccc2)c2ccccc2C)CC1. The second kappa shape index (κ2) is 6.25. The number of thioether (sulfide) groups is 1. The van der Waals surface area contributed by atoms with E-state index in [1.807, 2.05) is 11.8 Å². The number of hydrogen-bond donors (Lipinski definition) is 1. The van der Waals surface area contributed by atoms with E-state index < -0.39 is 0 Å². The molecule has 0 saturated heterocycles. The molecule has 0 heterocycles. The molecule has 0 bridgehead atoms. The molecular formula is C19H23NS. The van der Waals surface area contributed by atoms with Crippen molar-refractivity contribution in [3.05, 3.63) is 71.3 Å². The Balaban J connectivity index is 1.86. The van der Waals surface area contributed by atoms with Gasteiger partial charge in [-0.1, -0.05) is 54.6 Å². The molecule has 0 amide bonds. The molecule has 0 radical (unpaired) electrons. The fourth-order valence-electron chi connectivity index (χ4n) is 2.84. The highest BCUT2D eigenvalue weighted by molar-refractivity contribution is 8.00. The Kier molecular flexibility index (Phi) is 4.37. The van der Waals surface area contributed by atoms with Gasteiger partial charge in [0, 0.05) is 11.3 Å². The van der Waals surface area contributed by atoms with Crippen LogP contribution in [0.2, 0.25) is 0 Å². The molecule has 0 aromatic heterocycles. The standard InChI is InChI=1S/C19H23NS/c1-15-8-6-7-11-17(15)18(16-9-4-3-5-10-16)20-14-19(21-2)12-13-19/h3-11,18,20H,12-14H2,1-2H3. The van der Waals surface area contributed by atoms with Crippen LogP contribution in [0.5, 0.6) is 0 Å². The monoisotopic (exact) mass is 297 g/mol. The van der Waals surface area contributed by atoms with Gasteiger partial charge in [-0.3, -0.25) is 0 Å². The smallest absolute Gasteiger partial charge is 0.0579 e. The highest BCUT2D eigenvalue weighted by Crippen LogP contribution is 2.47. The number of benzene rings is 2. The van der Waals surface area contributed by atoms with E-state index in [-0.39, 0.29) is 6.04 Å². The first-order valence-electron chi connectivity index (χ1n) is 7.63. The van der Waals surface area contributed by atoms with Crippen LogP contribution in [0.1, 0.15) is 35.6 Å². The predicted octanol–water partition coefficient (Wildman–Crippen LogP) is 4.57. The Morgan fingerprint density at radius 1 is 1.05 bits per heavy atom. The lowest BCUT2D eigenvalue weighted by atomic mass is 9.95. The summed E-state index contributed by atoms with van der Waals surface area (Å²) in [5.41, 5.74) is 4.09. The Labute approximate surface area is 132 Å². The van der Waals surface area contributed by atoms with Gasteiger partial charge in [0.2, 0.25) is 0 Å². The van der Waals surface area contributed by atoms with Gasteiger partial charge in [0.25, 0.3) is 0 Å². The van der Waals surface area contributed by atoms with E-state index >= 15 is 0 Å². The van der Waals surface area contributed by atoms with E-state index in [4.69, 9.17) is 0 Å². The second-order valence-corrected chi connectivity index (χ2v) is 7.24. The van der Waals surface area contributed by atoms with Crippen LogP contribution in [0.15, 0.2) is 54.6 Å². The van der Waals surface area contributed by atoms with Crippen LogP contribution in [0.4, 0.5) is 0 Å². The molecule has 110 valence electrons. The maximum Gasteiger partial charge on any atom is 0.0579 e. The Morgan fingerprint density at radius 3 is 2.33 bits per heavy atom. The molecule has 2 aromatic rings. The van der Waals surface area contributed by atoms with Gasteiger partial charge >= 0.3 is 0 Å². The minimum Gasteiger partial charge on any atom is -0.305 e. The maximum atomic E-state index is 3.83. The van der Waals surface area contributed by atoms with Crippen LogP contribution >= 0.6 is 11.8 Å².